The summed E-state index contributed by atoms with van der Waals surface area (Å²) in [5.74, 6) is -0.891. The number of nitrogens with zero attached hydrogens (tertiary/aromatic N) is 2. The molecule has 2 rings (SSSR count). The maximum absolute atomic E-state index is 12.6. The van der Waals surface area contributed by atoms with Gasteiger partial charge < -0.3 is 10.0 Å². The Balaban J connectivity index is 2.31. The summed E-state index contributed by atoms with van der Waals surface area (Å²) in [6, 6.07) is 3.07. The number of piperidine rings is 1. The van der Waals surface area contributed by atoms with Crippen LogP contribution in [0.3, 0.4) is 0 Å². The van der Waals surface area contributed by atoms with Crippen LogP contribution in [0.25, 0.3) is 0 Å². The smallest absolute Gasteiger partial charge is 0.311 e. The molecule has 0 aromatic heterocycles. The van der Waals surface area contributed by atoms with E-state index in [0.29, 0.717) is 19.4 Å². The summed E-state index contributed by atoms with van der Waals surface area (Å²) in [6.07, 6.45) is 2.66. The third-order valence-electron chi connectivity index (χ3n) is 3.90. The summed E-state index contributed by atoms with van der Waals surface area (Å²) in [7, 11) is 0. The van der Waals surface area contributed by atoms with Crippen molar-refractivity contribution in [1.29, 1.82) is 0 Å². The molecule has 1 aliphatic heterocycles. The van der Waals surface area contributed by atoms with Gasteiger partial charge in [0.25, 0.3) is 5.91 Å². The first-order chi connectivity index (χ1) is 10.5. The molecule has 7 heteroatoms. The monoisotopic (exact) mass is 306 g/mol. The Bertz CT molecular complexity index is 614. The third kappa shape index (κ3) is 3.08. The number of ketones is 1. The van der Waals surface area contributed by atoms with Crippen LogP contribution in [0.2, 0.25) is 0 Å². The third-order valence-corrected chi connectivity index (χ3v) is 3.90. The van der Waals surface area contributed by atoms with E-state index in [9.17, 15) is 24.8 Å². The zero-order chi connectivity index (χ0) is 16.3. The van der Waals surface area contributed by atoms with Crippen LogP contribution in [0.5, 0.6) is 5.75 Å². The van der Waals surface area contributed by atoms with Gasteiger partial charge in [0.1, 0.15) is 0 Å². The minimum Gasteiger partial charge on any atom is -0.502 e. The molecular formula is C15H18N2O5. The minimum absolute atomic E-state index is 0.00123. The van der Waals surface area contributed by atoms with Gasteiger partial charge in [-0.1, -0.05) is 6.92 Å². The second kappa shape index (κ2) is 6.55. The molecule has 7 nitrogen and oxygen atoms in total. The molecule has 1 unspecified atom stereocenters. The molecule has 0 aliphatic carbocycles. The van der Waals surface area contributed by atoms with Crippen LogP contribution < -0.4 is 0 Å². The highest BCUT2D eigenvalue weighted by atomic mass is 16.6. The number of aromatic hydroxyl groups is 1. The molecule has 1 amide bonds. The fourth-order valence-corrected chi connectivity index (χ4v) is 2.71. The predicted octanol–water partition coefficient (Wildman–Crippen LogP) is 2.27. The molecule has 1 saturated heterocycles. The molecule has 1 fully saturated rings. The van der Waals surface area contributed by atoms with Crippen molar-refractivity contribution in [2.24, 2.45) is 0 Å². The van der Waals surface area contributed by atoms with Gasteiger partial charge >= 0.3 is 5.69 Å². The summed E-state index contributed by atoms with van der Waals surface area (Å²) in [5, 5.41) is 20.3. The maximum atomic E-state index is 12.6. The summed E-state index contributed by atoms with van der Waals surface area (Å²) >= 11 is 0. The van der Waals surface area contributed by atoms with Crippen LogP contribution in [0.1, 0.15) is 43.0 Å². The van der Waals surface area contributed by atoms with E-state index < -0.39 is 28.3 Å². The Morgan fingerprint density at radius 3 is 2.77 bits per heavy atom. The molecule has 1 N–H and O–H groups in total. The van der Waals surface area contributed by atoms with Crippen LogP contribution in [0.15, 0.2) is 18.2 Å². The summed E-state index contributed by atoms with van der Waals surface area (Å²) in [5.41, 5.74) is -0.401. The van der Waals surface area contributed by atoms with Crippen LogP contribution in [0.4, 0.5) is 5.69 Å². The Morgan fingerprint density at radius 1 is 1.41 bits per heavy atom. The molecule has 118 valence electrons. The molecule has 1 heterocycles. The molecule has 1 aromatic rings. The average Bonchev–Trinajstić information content (AvgIpc) is 2.53. The largest absolute Gasteiger partial charge is 0.502 e. The van der Waals surface area contributed by atoms with Crippen molar-refractivity contribution >= 4 is 17.4 Å². The van der Waals surface area contributed by atoms with Gasteiger partial charge in [-0.05, 0) is 31.4 Å². The number of nitro groups is 1. The normalized spacial score (nSPS) is 18.0. The highest BCUT2D eigenvalue weighted by Gasteiger charge is 2.32. The van der Waals surface area contributed by atoms with Crippen LogP contribution in [-0.2, 0) is 4.79 Å². The molecule has 0 saturated carbocycles. The summed E-state index contributed by atoms with van der Waals surface area (Å²) in [4.78, 5) is 36.2. The van der Waals surface area contributed by atoms with Gasteiger partial charge in [-0.15, -0.1) is 0 Å². The standard InChI is InChI=1S/C15H18N2O5/c1-2-13(18)11-5-3-4-8-16(11)15(20)10-6-7-14(19)12(9-10)17(21)22/h6-7,9,11,19H,2-5,8H2,1H3. The van der Waals surface area contributed by atoms with Crippen LogP contribution in [-0.4, -0.2) is 39.2 Å². The molecule has 1 atom stereocenters. The number of carbonyl (C=O) groups excluding carboxylic acids is 2. The number of carbonyl (C=O) groups is 2. The van der Waals surface area contributed by atoms with E-state index >= 15 is 0 Å². The maximum Gasteiger partial charge on any atom is 0.311 e. The number of amides is 1. The van der Waals surface area contributed by atoms with Crippen molar-refractivity contribution in [2.75, 3.05) is 6.54 Å². The molecule has 0 bridgehead atoms. The van der Waals surface area contributed by atoms with E-state index in [4.69, 9.17) is 0 Å². The van der Waals surface area contributed by atoms with Gasteiger partial charge in [0.05, 0.1) is 11.0 Å². The first kappa shape index (κ1) is 15.9. The highest BCUT2D eigenvalue weighted by Crippen LogP contribution is 2.28. The molecule has 0 spiro atoms. The van der Waals surface area contributed by atoms with Crippen LogP contribution in [0, 0.1) is 10.1 Å². The van der Waals surface area contributed by atoms with E-state index in [2.05, 4.69) is 0 Å². The van der Waals surface area contributed by atoms with Crippen molar-refractivity contribution in [3.05, 3.63) is 33.9 Å². The number of likely N-dealkylation sites (tertiary alicyclic amines) is 1. The Labute approximate surface area is 127 Å². The second-order valence-corrected chi connectivity index (χ2v) is 5.29. The topological polar surface area (TPSA) is 101 Å². The van der Waals surface area contributed by atoms with Crippen molar-refractivity contribution in [3.8, 4) is 5.75 Å². The van der Waals surface area contributed by atoms with Gasteiger partial charge in [0.15, 0.2) is 11.5 Å². The predicted molar refractivity (Wildman–Crippen MR) is 78.7 cm³/mol. The second-order valence-electron chi connectivity index (χ2n) is 5.29. The summed E-state index contributed by atoms with van der Waals surface area (Å²) in [6.45, 7) is 2.22. The highest BCUT2D eigenvalue weighted by molar-refractivity contribution is 5.98. The van der Waals surface area contributed by atoms with Crippen molar-refractivity contribution in [1.82, 2.24) is 4.90 Å². The lowest BCUT2D eigenvalue weighted by Crippen LogP contribution is -2.47. The van der Waals surface area contributed by atoms with Gasteiger partial charge in [0.2, 0.25) is 0 Å². The van der Waals surface area contributed by atoms with Crippen molar-refractivity contribution in [3.63, 3.8) is 0 Å². The lowest BCUT2D eigenvalue weighted by Gasteiger charge is -2.34. The van der Waals surface area contributed by atoms with Crippen molar-refractivity contribution in [2.45, 2.75) is 38.6 Å². The number of hydrogen-bond donors (Lipinski definition) is 1. The van der Waals surface area contributed by atoms with Crippen LogP contribution >= 0.6 is 0 Å². The quantitative estimate of drug-likeness (QED) is 0.679. The minimum atomic E-state index is -0.739. The number of phenols is 1. The van der Waals surface area contributed by atoms with E-state index in [1.807, 2.05) is 0 Å². The van der Waals surface area contributed by atoms with Gasteiger partial charge in [-0.3, -0.25) is 19.7 Å². The summed E-state index contributed by atoms with van der Waals surface area (Å²) < 4.78 is 0. The van der Waals surface area contributed by atoms with E-state index in [1.54, 1.807) is 6.92 Å². The first-order valence-electron chi connectivity index (χ1n) is 7.26. The number of benzene rings is 1. The Hall–Kier alpha value is -2.44. The average molecular weight is 306 g/mol. The zero-order valence-electron chi connectivity index (χ0n) is 12.3. The van der Waals surface area contributed by atoms with E-state index in [0.717, 1.165) is 25.0 Å². The number of Topliss-reactive ketones (excluding diaryl/α,β-unsaturated/α-hetero) is 1. The number of phenolic OH excluding ortho intramolecular Hbond substituents is 1. The number of rotatable bonds is 4. The molecule has 0 radical (unpaired) electrons. The lowest BCUT2D eigenvalue weighted by molar-refractivity contribution is -0.385. The number of hydrogen-bond acceptors (Lipinski definition) is 5. The lowest BCUT2D eigenvalue weighted by atomic mass is 9.96. The Morgan fingerprint density at radius 2 is 2.14 bits per heavy atom. The molecule has 22 heavy (non-hydrogen) atoms. The number of nitro benzene ring substituents is 1. The van der Waals surface area contributed by atoms with Gasteiger partial charge in [-0.2, -0.15) is 0 Å². The Kier molecular flexibility index (Phi) is 4.75. The fourth-order valence-electron chi connectivity index (χ4n) is 2.71. The fraction of sp³-hybridized carbons (Fsp3) is 0.467. The van der Waals surface area contributed by atoms with E-state index in [1.165, 1.54) is 11.0 Å². The SMILES string of the molecule is CCC(=O)C1CCCCN1C(=O)c1ccc(O)c([N+](=O)[O-])c1. The van der Waals surface area contributed by atoms with Gasteiger partial charge in [0, 0.05) is 24.6 Å². The zero-order valence-corrected chi connectivity index (χ0v) is 12.3. The van der Waals surface area contributed by atoms with Gasteiger partial charge in [-0.25, -0.2) is 0 Å². The van der Waals surface area contributed by atoms with Crippen molar-refractivity contribution < 1.29 is 19.6 Å². The molecular weight excluding hydrogens is 288 g/mol. The molecule has 1 aromatic carbocycles. The molecule has 1 aliphatic rings. The van der Waals surface area contributed by atoms with E-state index in [-0.39, 0.29) is 11.3 Å². The first-order valence-corrected chi connectivity index (χ1v) is 7.26.